The van der Waals surface area contributed by atoms with Crippen LogP contribution in [0.1, 0.15) is 12.5 Å². The molecule has 0 spiro atoms. The van der Waals surface area contributed by atoms with E-state index < -0.39 is 17.9 Å². The Kier molecular flexibility index (Phi) is 7.93. The van der Waals surface area contributed by atoms with E-state index in [9.17, 15) is 14.4 Å². The Balaban J connectivity index is 1.25. The number of hydrogen-bond acceptors (Lipinski definition) is 4. The lowest BCUT2D eigenvalue weighted by Crippen LogP contribution is -2.52. The largest absolute Gasteiger partial charge is 0.483 e. The zero-order valence-corrected chi connectivity index (χ0v) is 19.9. The maximum absolute atomic E-state index is 12.5. The first-order valence-corrected chi connectivity index (χ1v) is 11.6. The van der Waals surface area contributed by atoms with Gasteiger partial charge in [0.1, 0.15) is 11.8 Å². The second-order valence-electron chi connectivity index (χ2n) is 8.29. The first-order chi connectivity index (χ1) is 17.5. The molecule has 36 heavy (non-hydrogen) atoms. The molecule has 4 rings (SSSR count). The normalized spacial score (nSPS) is 11.4. The van der Waals surface area contributed by atoms with Crippen molar-refractivity contribution >= 4 is 28.5 Å². The van der Waals surface area contributed by atoms with Crippen LogP contribution in [0.4, 0.5) is 0 Å². The van der Waals surface area contributed by atoms with Crippen molar-refractivity contribution in [3.8, 4) is 16.9 Å². The van der Waals surface area contributed by atoms with Gasteiger partial charge in [0.25, 0.3) is 11.8 Å². The summed E-state index contributed by atoms with van der Waals surface area (Å²) < 4.78 is 5.68. The van der Waals surface area contributed by atoms with Crippen molar-refractivity contribution in [3.63, 3.8) is 0 Å². The summed E-state index contributed by atoms with van der Waals surface area (Å²) in [6.45, 7) is 1.26. The van der Waals surface area contributed by atoms with Crippen molar-refractivity contribution in [1.29, 1.82) is 0 Å². The Hall–Kier alpha value is -4.65. The van der Waals surface area contributed by atoms with Gasteiger partial charge in [-0.25, -0.2) is 0 Å². The van der Waals surface area contributed by atoms with Crippen molar-refractivity contribution in [3.05, 3.63) is 103 Å². The van der Waals surface area contributed by atoms with Gasteiger partial charge in [-0.15, -0.1) is 0 Å². The number of ether oxygens (including phenoxy) is 1. The molecular formula is C29H27N3O4. The number of hydrazine groups is 1. The molecule has 0 unspecified atom stereocenters. The van der Waals surface area contributed by atoms with Crippen LogP contribution >= 0.6 is 0 Å². The third-order valence-corrected chi connectivity index (χ3v) is 5.66. The van der Waals surface area contributed by atoms with E-state index in [4.69, 9.17) is 4.74 Å². The van der Waals surface area contributed by atoms with Crippen molar-refractivity contribution in [2.45, 2.75) is 19.4 Å². The van der Waals surface area contributed by atoms with Gasteiger partial charge in [0.2, 0.25) is 5.91 Å². The van der Waals surface area contributed by atoms with Crippen LogP contribution in [0.5, 0.6) is 5.75 Å². The van der Waals surface area contributed by atoms with E-state index in [0.29, 0.717) is 5.75 Å². The first-order valence-electron chi connectivity index (χ1n) is 11.6. The number of benzene rings is 4. The van der Waals surface area contributed by atoms with E-state index in [-0.39, 0.29) is 18.9 Å². The van der Waals surface area contributed by atoms with Crippen LogP contribution in [0.25, 0.3) is 21.9 Å². The molecule has 7 nitrogen and oxygen atoms in total. The molecule has 0 aliphatic carbocycles. The van der Waals surface area contributed by atoms with Gasteiger partial charge >= 0.3 is 0 Å². The summed E-state index contributed by atoms with van der Waals surface area (Å²) in [4.78, 5) is 37.1. The topological polar surface area (TPSA) is 96.5 Å². The number of para-hydroxylation sites is 1. The lowest BCUT2D eigenvalue weighted by atomic mass is 10.0. The molecule has 4 aromatic carbocycles. The van der Waals surface area contributed by atoms with Crippen LogP contribution in [0.2, 0.25) is 0 Å². The number of amides is 3. The second-order valence-corrected chi connectivity index (χ2v) is 8.29. The predicted octanol–water partition coefficient (Wildman–Crippen LogP) is 3.78. The molecule has 0 radical (unpaired) electrons. The molecule has 0 bridgehead atoms. The van der Waals surface area contributed by atoms with Crippen LogP contribution in [-0.2, 0) is 20.8 Å². The summed E-state index contributed by atoms with van der Waals surface area (Å²) in [6.07, 6.45) is 0.139. The average Bonchev–Trinajstić information content (AvgIpc) is 2.91. The molecule has 0 heterocycles. The molecule has 4 aromatic rings. The van der Waals surface area contributed by atoms with E-state index in [1.807, 2.05) is 91.0 Å². The van der Waals surface area contributed by atoms with E-state index in [0.717, 1.165) is 27.5 Å². The van der Waals surface area contributed by atoms with E-state index >= 15 is 0 Å². The Morgan fingerprint density at radius 3 is 2.28 bits per heavy atom. The van der Waals surface area contributed by atoms with Crippen LogP contribution in [-0.4, -0.2) is 30.4 Å². The highest BCUT2D eigenvalue weighted by atomic mass is 16.5. The molecule has 0 saturated carbocycles. The molecule has 1 atom stereocenters. The van der Waals surface area contributed by atoms with Gasteiger partial charge in [0, 0.05) is 5.56 Å². The molecule has 182 valence electrons. The van der Waals surface area contributed by atoms with Gasteiger partial charge in [-0.3, -0.25) is 25.2 Å². The molecule has 0 aliphatic rings. The molecule has 0 aromatic heterocycles. The van der Waals surface area contributed by atoms with Crippen LogP contribution in [0.3, 0.4) is 0 Å². The van der Waals surface area contributed by atoms with Gasteiger partial charge in [-0.1, -0.05) is 91.0 Å². The summed E-state index contributed by atoms with van der Waals surface area (Å²) in [7, 11) is 0. The Morgan fingerprint density at radius 1 is 0.750 bits per heavy atom. The summed E-state index contributed by atoms with van der Waals surface area (Å²) in [5.74, 6) is -0.805. The Bertz CT molecular complexity index is 1370. The quantitative estimate of drug-likeness (QED) is 0.334. The Labute approximate surface area is 209 Å². The number of carbonyl (C=O) groups is 3. The lowest BCUT2D eigenvalue weighted by molar-refractivity contribution is -0.132. The fourth-order valence-corrected chi connectivity index (χ4v) is 3.85. The zero-order valence-electron chi connectivity index (χ0n) is 19.9. The number of fused-ring (bicyclic) bond motifs is 1. The molecule has 3 amide bonds. The summed E-state index contributed by atoms with van der Waals surface area (Å²) in [5.41, 5.74) is 7.36. The minimum Gasteiger partial charge on any atom is -0.483 e. The number of rotatable bonds is 8. The smallest absolute Gasteiger partial charge is 0.276 e. The highest BCUT2D eigenvalue weighted by Crippen LogP contribution is 2.29. The minimum absolute atomic E-state index is 0.139. The second kappa shape index (κ2) is 11.7. The first kappa shape index (κ1) is 24.5. The molecule has 3 N–H and O–H groups in total. The SMILES string of the molecule is C[C@@H](NC(=O)Cc1cccc2ccccc12)C(=O)NNC(=O)COc1ccccc1-c1ccccc1. The third-order valence-electron chi connectivity index (χ3n) is 5.66. The lowest BCUT2D eigenvalue weighted by Gasteiger charge is -2.16. The van der Waals surface area contributed by atoms with Gasteiger partial charge < -0.3 is 10.1 Å². The average molecular weight is 482 g/mol. The predicted molar refractivity (Wildman–Crippen MR) is 139 cm³/mol. The molecule has 0 fully saturated rings. The maximum atomic E-state index is 12.5. The molecule has 0 saturated heterocycles. The summed E-state index contributed by atoms with van der Waals surface area (Å²) in [6, 6.07) is 29.9. The van der Waals surface area contributed by atoms with E-state index in [1.54, 1.807) is 13.0 Å². The van der Waals surface area contributed by atoms with E-state index in [1.165, 1.54) is 0 Å². The van der Waals surface area contributed by atoms with Gasteiger partial charge in [-0.05, 0) is 34.9 Å². The summed E-state index contributed by atoms with van der Waals surface area (Å²) >= 11 is 0. The van der Waals surface area contributed by atoms with Crippen molar-refractivity contribution < 1.29 is 19.1 Å². The third kappa shape index (κ3) is 6.27. The number of carbonyl (C=O) groups excluding carboxylic acids is 3. The van der Waals surface area contributed by atoms with Crippen LogP contribution < -0.4 is 20.9 Å². The highest BCUT2D eigenvalue weighted by molar-refractivity contribution is 5.93. The fourth-order valence-electron chi connectivity index (χ4n) is 3.85. The van der Waals surface area contributed by atoms with Crippen LogP contribution in [0, 0.1) is 0 Å². The highest BCUT2D eigenvalue weighted by Gasteiger charge is 2.17. The van der Waals surface area contributed by atoms with Gasteiger partial charge in [0.05, 0.1) is 6.42 Å². The van der Waals surface area contributed by atoms with Gasteiger partial charge in [-0.2, -0.15) is 0 Å². The van der Waals surface area contributed by atoms with Crippen molar-refractivity contribution in [2.75, 3.05) is 6.61 Å². The Morgan fingerprint density at radius 2 is 1.44 bits per heavy atom. The van der Waals surface area contributed by atoms with Crippen molar-refractivity contribution in [1.82, 2.24) is 16.2 Å². The molecule has 0 aliphatic heterocycles. The fraction of sp³-hybridized carbons (Fsp3) is 0.138. The molecular weight excluding hydrogens is 454 g/mol. The van der Waals surface area contributed by atoms with E-state index in [2.05, 4.69) is 16.2 Å². The van der Waals surface area contributed by atoms with Crippen LogP contribution in [0.15, 0.2) is 97.1 Å². The number of hydrogen-bond donors (Lipinski definition) is 3. The monoisotopic (exact) mass is 481 g/mol. The standard InChI is InChI=1S/C29H27N3O4/c1-20(30-27(33)18-23-14-9-13-21-12-5-6-15-24(21)23)29(35)32-31-28(34)19-36-26-17-8-7-16-25(26)22-10-3-2-4-11-22/h2-17,20H,18-19H2,1H3,(H,30,33)(H,31,34)(H,32,35)/t20-/m1/s1. The molecule has 7 heteroatoms. The van der Waals surface area contributed by atoms with Crippen molar-refractivity contribution in [2.24, 2.45) is 0 Å². The minimum atomic E-state index is -0.840. The van der Waals surface area contributed by atoms with Gasteiger partial charge in [0.15, 0.2) is 6.61 Å². The zero-order chi connectivity index (χ0) is 25.3. The number of nitrogens with one attached hydrogen (secondary N) is 3. The maximum Gasteiger partial charge on any atom is 0.276 e. The summed E-state index contributed by atoms with van der Waals surface area (Å²) in [5, 5.41) is 4.71.